The topological polar surface area (TPSA) is 18.8 Å². The number of anilines is 1. The van der Waals surface area contributed by atoms with Crippen LogP contribution in [0.5, 0.6) is 0 Å². The molecule has 0 spiro atoms. The van der Waals surface area contributed by atoms with Gasteiger partial charge < -0.3 is 9.80 Å². The Kier molecular flexibility index (Phi) is 7.77. The van der Waals surface area contributed by atoms with Gasteiger partial charge in [-0.1, -0.05) is 42.5 Å². The van der Waals surface area contributed by atoms with Gasteiger partial charge in [0.05, 0.1) is 5.71 Å². The molecule has 1 aliphatic rings. The Labute approximate surface area is 170 Å². The molecule has 0 saturated carbocycles. The Morgan fingerprint density at radius 2 is 1.57 bits per heavy atom. The molecule has 0 bridgehead atoms. The van der Waals surface area contributed by atoms with Crippen LogP contribution in [0.4, 0.5) is 5.69 Å². The summed E-state index contributed by atoms with van der Waals surface area (Å²) in [6, 6.07) is 9.12. The predicted octanol–water partition coefficient (Wildman–Crippen LogP) is 5.16. The minimum atomic E-state index is 0.369. The number of hydrogen-bond acceptors (Lipinski definition) is 3. The van der Waals surface area contributed by atoms with Gasteiger partial charge in [-0.25, -0.2) is 0 Å². The summed E-state index contributed by atoms with van der Waals surface area (Å²) < 4.78 is 0. The highest BCUT2D eigenvalue weighted by atomic mass is 15.1. The third-order valence-corrected chi connectivity index (χ3v) is 5.06. The van der Waals surface area contributed by atoms with Crippen molar-refractivity contribution in [1.82, 2.24) is 4.90 Å². The van der Waals surface area contributed by atoms with Gasteiger partial charge in [0.2, 0.25) is 0 Å². The van der Waals surface area contributed by atoms with Crippen molar-refractivity contribution in [1.29, 1.82) is 0 Å². The zero-order valence-electron chi connectivity index (χ0n) is 18.3. The molecule has 148 valence electrons. The van der Waals surface area contributed by atoms with E-state index in [1.165, 1.54) is 28.0 Å². The molecule has 28 heavy (non-hydrogen) atoms. The number of rotatable bonds is 6. The van der Waals surface area contributed by atoms with Crippen LogP contribution in [0, 0.1) is 0 Å². The van der Waals surface area contributed by atoms with Crippen LogP contribution in [-0.2, 0) is 0 Å². The van der Waals surface area contributed by atoms with E-state index in [0.29, 0.717) is 6.04 Å². The number of allylic oxidation sites excluding steroid dienone is 9. The predicted molar refractivity (Wildman–Crippen MR) is 125 cm³/mol. The van der Waals surface area contributed by atoms with Crippen molar-refractivity contribution < 1.29 is 0 Å². The monoisotopic (exact) mass is 375 g/mol. The highest BCUT2D eigenvalue weighted by molar-refractivity contribution is 6.07. The van der Waals surface area contributed by atoms with E-state index >= 15 is 0 Å². The van der Waals surface area contributed by atoms with Crippen LogP contribution in [0.3, 0.4) is 0 Å². The fraction of sp³-hybridized carbons (Fsp3) is 0.320. The van der Waals surface area contributed by atoms with Gasteiger partial charge in [0, 0.05) is 32.9 Å². The second-order valence-electron chi connectivity index (χ2n) is 7.39. The molecule has 0 N–H and O–H groups in total. The van der Waals surface area contributed by atoms with Gasteiger partial charge in [0.1, 0.15) is 0 Å². The molecule has 0 heterocycles. The summed E-state index contributed by atoms with van der Waals surface area (Å²) in [7, 11) is 10.1. The standard InChI is InChI=1S/C25H33N3/c1-8-20(10-9-19(2)27(4)5)25(21-11-15-23(26-3)16-12-21)22-13-17-24(18-14-22)28(6)7/h8-19H,1-7H3/b10-9-,20-8+,25-21?,26-23?. The van der Waals surface area contributed by atoms with Crippen LogP contribution in [0.1, 0.15) is 19.4 Å². The van der Waals surface area contributed by atoms with Gasteiger partial charge in [0.15, 0.2) is 0 Å². The van der Waals surface area contributed by atoms with Crippen LogP contribution in [0.25, 0.3) is 5.57 Å². The third-order valence-electron chi connectivity index (χ3n) is 5.06. The van der Waals surface area contributed by atoms with E-state index in [4.69, 9.17) is 0 Å². The van der Waals surface area contributed by atoms with E-state index in [1.807, 2.05) is 7.05 Å². The summed E-state index contributed by atoms with van der Waals surface area (Å²) in [5.41, 5.74) is 7.04. The fourth-order valence-electron chi connectivity index (χ4n) is 2.94. The number of likely N-dealkylation sites (N-methyl/N-ethyl adjacent to an activating group) is 1. The Hall–Kier alpha value is -2.65. The third kappa shape index (κ3) is 5.43. The highest BCUT2D eigenvalue weighted by Crippen LogP contribution is 2.31. The lowest BCUT2D eigenvalue weighted by Crippen LogP contribution is -2.22. The van der Waals surface area contributed by atoms with Gasteiger partial charge in [-0.15, -0.1) is 0 Å². The van der Waals surface area contributed by atoms with Crippen LogP contribution in [0.15, 0.2) is 82.9 Å². The fourth-order valence-corrected chi connectivity index (χ4v) is 2.94. The average molecular weight is 376 g/mol. The Morgan fingerprint density at radius 1 is 0.964 bits per heavy atom. The Bertz CT molecular complexity index is 826. The van der Waals surface area contributed by atoms with E-state index in [0.717, 1.165) is 5.71 Å². The van der Waals surface area contributed by atoms with E-state index < -0.39 is 0 Å². The van der Waals surface area contributed by atoms with Crippen molar-refractivity contribution in [2.45, 2.75) is 19.9 Å². The largest absolute Gasteiger partial charge is 0.378 e. The SMILES string of the molecule is C/C=C(\C=C/C(C)N(C)C)C(=C1C=CC(=NC)C=C1)c1ccc(N(C)C)cc1. The van der Waals surface area contributed by atoms with Gasteiger partial charge >= 0.3 is 0 Å². The first-order valence-corrected chi connectivity index (χ1v) is 9.73. The van der Waals surface area contributed by atoms with Crippen LogP contribution in [0.2, 0.25) is 0 Å². The minimum absolute atomic E-state index is 0.369. The summed E-state index contributed by atoms with van der Waals surface area (Å²) in [6.07, 6.45) is 15.1. The van der Waals surface area contributed by atoms with E-state index in [2.05, 4.69) is 124 Å². The van der Waals surface area contributed by atoms with Crippen LogP contribution in [-0.4, -0.2) is 51.9 Å². The summed E-state index contributed by atoms with van der Waals surface area (Å²) in [4.78, 5) is 8.59. The molecule has 0 radical (unpaired) electrons. The molecule has 0 aromatic heterocycles. The first-order valence-electron chi connectivity index (χ1n) is 9.73. The molecule has 1 aromatic carbocycles. The first-order chi connectivity index (χ1) is 13.4. The quantitative estimate of drug-likeness (QED) is 0.640. The Morgan fingerprint density at radius 3 is 2.04 bits per heavy atom. The minimum Gasteiger partial charge on any atom is -0.378 e. The molecule has 1 aliphatic carbocycles. The van der Waals surface area contributed by atoms with Gasteiger partial charge in [-0.2, -0.15) is 0 Å². The molecule has 2 rings (SSSR count). The molecule has 1 atom stereocenters. The van der Waals surface area contributed by atoms with E-state index in [-0.39, 0.29) is 0 Å². The molecule has 3 heteroatoms. The van der Waals surface area contributed by atoms with E-state index in [9.17, 15) is 0 Å². The lowest BCUT2D eigenvalue weighted by molar-refractivity contribution is 0.364. The second-order valence-corrected chi connectivity index (χ2v) is 7.39. The highest BCUT2D eigenvalue weighted by Gasteiger charge is 2.12. The second kappa shape index (κ2) is 10.0. The summed E-state index contributed by atoms with van der Waals surface area (Å²) >= 11 is 0. The molecule has 1 unspecified atom stereocenters. The van der Waals surface area contributed by atoms with E-state index in [1.54, 1.807) is 0 Å². The number of nitrogens with zero attached hydrogens (tertiary/aromatic N) is 3. The van der Waals surface area contributed by atoms with Crippen molar-refractivity contribution in [3.8, 4) is 0 Å². The smallest absolute Gasteiger partial charge is 0.0571 e. The van der Waals surface area contributed by atoms with Gasteiger partial charge in [-0.3, -0.25) is 4.99 Å². The molecule has 0 saturated heterocycles. The van der Waals surface area contributed by atoms with Crippen molar-refractivity contribution in [2.75, 3.05) is 40.1 Å². The number of benzene rings is 1. The molecular weight excluding hydrogens is 342 g/mol. The molecule has 0 amide bonds. The maximum absolute atomic E-state index is 4.27. The molecule has 0 fully saturated rings. The van der Waals surface area contributed by atoms with Gasteiger partial charge in [-0.05, 0) is 74.5 Å². The maximum Gasteiger partial charge on any atom is 0.0571 e. The zero-order valence-corrected chi connectivity index (χ0v) is 18.3. The lowest BCUT2D eigenvalue weighted by atomic mass is 9.89. The lowest BCUT2D eigenvalue weighted by Gasteiger charge is -2.19. The van der Waals surface area contributed by atoms with Gasteiger partial charge in [0.25, 0.3) is 0 Å². The summed E-state index contributed by atoms with van der Waals surface area (Å²) in [6.45, 7) is 4.30. The van der Waals surface area contributed by atoms with Crippen molar-refractivity contribution in [3.05, 3.63) is 83.5 Å². The average Bonchev–Trinajstić information content (AvgIpc) is 2.71. The van der Waals surface area contributed by atoms with Crippen LogP contribution < -0.4 is 4.90 Å². The zero-order chi connectivity index (χ0) is 20.7. The first kappa shape index (κ1) is 21.6. The number of hydrogen-bond donors (Lipinski definition) is 0. The van der Waals surface area contributed by atoms with Crippen molar-refractivity contribution >= 4 is 17.0 Å². The molecular formula is C25H33N3. The summed E-state index contributed by atoms with van der Waals surface area (Å²) in [5.74, 6) is 0. The summed E-state index contributed by atoms with van der Waals surface area (Å²) in [5, 5.41) is 0. The molecule has 3 nitrogen and oxygen atoms in total. The van der Waals surface area contributed by atoms with Crippen molar-refractivity contribution in [2.24, 2.45) is 4.99 Å². The van der Waals surface area contributed by atoms with Crippen LogP contribution >= 0.6 is 0 Å². The molecule has 0 aliphatic heterocycles. The normalized spacial score (nSPS) is 15.5. The maximum atomic E-state index is 4.27. The van der Waals surface area contributed by atoms with Crippen molar-refractivity contribution in [3.63, 3.8) is 0 Å². The number of aliphatic imine (C=N–C) groups is 1. The molecule has 1 aromatic rings. The Balaban J connectivity index is 2.55.